The average Bonchev–Trinajstić information content (AvgIpc) is 2.96. The Morgan fingerprint density at radius 1 is 1.07 bits per heavy atom. The van der Waals surface area contributed by atoms with Gasteiger partial charge in [0.2, 0.25) is 5.91 Å². The number of nitrogens with zero attached hydrogens (tertiary/aromatic N) is 5. The minimum atomic E-state index is -0.924. The summed E-state index contributed by atoms with van der Waals surface area (Å²) in [4.78, 5) is 53.0. The van der Waals surface area contributed by atoms with Crippen molar-refractivity contribution in [3.05, 3.63) is 48.0 Å². The van der Waals surface area contributed by atoms with Crippen molar-refractivity contribution in [2.24, 2.45) is 5.92 Å². The van der Waals surface area contributed by atoms with E-state index in [0.717, 1.165) is 22.3 Å². The van der Waals surface area contributed by atoms with Crippen LogP contribution < -0.4 is 10.2 Å². The third-order valence-corrected chi connectivity index (χ3v) is 7.22. The van der Waals surface area contributed by atoms with Gasteiger partial charge in [-0.15, -0.1) is 0 Å². The standard InChI is InChI=1S/C31H40N6O5/c1-20(2)16-26(42-28(40)19-35(5)27(39)18-32-4)31(41)37-14-12-36(13-15-37)30-22-11-10-21(3)17-24(22)33-29(34-30)23-8-6-7-9-25(23)38/h6-11,17,20,26,32,38H,12-16,18-19H2,1-5H3/t26-/m1/s1. The predicted molar refractivity (Wildman–Crippen MR) is 161 cm³/mol. The van der Waals surface area contributed by atoms with E-state index in [-0.39, 0.29) is 36.6 Å². The smallest absolute Gasteiger partial charge is 0.326 e. The number of phenols is 1. The number of hydrogen-bond acceptors (Lipinski definition) is 9. The number of benzene rings is 2. The normalized spacial score (nSPS) is 14.2. The number of likely N-dealkylation sites (N-methyl/N-ethyl adjacent to an activating group) is 2. The predicted octanol–water partition coefficient (Wildman–Crippen LogP) is 2.60. The highest BCUT2D eigenvalue weighted by atomic mass is 16.5. The van der Waals surface area contributed by atoms with Crippen LogP contribution in [-0.4, -0.2) is 102 Å². The topological polar surface area (TPSA) is 128 Å². The number of carbonyl (C=O) groups is 3. The fraction of sp³-hybridized carbons (Fsp3) is 0.452. The molecule has 2 aromatic carbocycles. The summed E-state index contributed by atoms with van der Waals surface area (Å²) in [6, 6.07) is 13.0. The lowest BCUT2D eigenvalue weighted by Gasteiger charge is -2.37. The van der Waals surface area contributed by atoms with Gasteiger partial charge < -0.3 is 29.9 Å². The van der Waals surface area contributed by atoms with Gasteiger partial charge >= 0.3 is 5.97 Å². The molecule has 2 heterocycles. The second-order valence-electron chi connectivity index (χ2n) is 11.1. The number of fused-ring (bicyclic) bond motifs is 1. The number of anilines is 1. The number of amides is 2. The van der Waals surface area contributed by atoms with Crippen molar-refractivity contribution in [1.82, 2.24) is 25.1 Å². The zero-order valence-electron chi connectivity index (χ0n) is 25.0. The molecule has 0 spiro atoms. The van der Waals surface area contributed by atoms with Gasteiger partial charge in [0.05, 0.1) is 17.6 Å². The van der Waals surface area contributed by atoms with Gasteiger partial charge in [-0.3, -0.25) is 14.4 Å². The number of phenolic OH excluding ortho intramolecular Hbond substituents is 1. The lowest BCUT2D eigenvalue weighted by molar-refractivity contribution is -0.163. The first-order chi connectivity index (χ1) is 20.1. The Labute approximate surface area is 246 Å². The summed E-state index contributed by atoms with van der Waals surface area (Å²) in [6.07, 6.45) is -0.536. The van der Waals surface area contributed by atoms with Crippen molar-refractivity contribution in [3.8, 4) is 17.1 Å². The number of para-hydroxylation sites is 1. The van der Waals surface area contributed by atoms with Crippen molar-refractivity contribution in [1.29, 1.82) is 0 Å². The van der Waals surface area contributed by atoms with Crippen molar-refractivity contribution in [2.45, 2.75) is 33.3 Å². The molecule has 0 unspecified atom stereocenters. The molecule has 2 N–H and O–H groups in total. The van der Waals surface area contributed by atoms with Gasteiger partial charge in [-0.05, 0) is 56.1 Å². The number of esters is 1. The Bertz CT molecular complexity index is 1440. The van der Waals surface area contributed by atoms with Crippen LogP contribution in [0, 0.1) is 12.8 Å². The van der Waals surface area contributed by atoms with Gasteiger partial charge in [0.1, 0.15) is 18.1 Å². The Kier molecular flexibility index (Phi) is 9.95. The molecule has 3 aromatic rings. The van der Waals surface area contributed by atoms with E-state index in [1.807, 2.05) is 45.0 Å². The lowest BCUT2D eigenvalue weighted by Crippen LogP contribution is -2.53. The number of rotatable bonds is 10. The minimum absolute atomic E-state index is 0.106. The Balaban J connectivity index is 1.50. The molecule has 1 fully saturated rings. The lowest BCUT2D eigenvalue weighted by atomic mass is 10.0. The fourth-order valence-electron chi connectivity index (χ4n) is 4.98. The third-order valence-electron chi connectivity index (χ3n) is 7.22. The highest BCUT2D eigenvalue weighted by Gasteiger charge is 2.32. The Morgan fingerprint density at radius 3 is 2.45 bits per heavy atom. The monoisotopic (exact) mass is 576 g/mol. The van der Waals surface area contributed by atoms with Gasteiger partial charge in [0, 0.05) is 38.6 Å². The average molecular weight is 577 g/mol. The number of hydrogen-bond donors (Lipinski definition) is 2. The molecule has 4 rings (SSSR count). The summed E-state index contributed by atoms with van der Waals surface area (Å²) in [7, 11) is 3.19. The van der Waals surface area contributed by atoms with Crippen LogP contribution in [0.1, 0.15) is 25.8 Å². The number of piperazine rings is 1. The van der Waals surface area contributed by atoms with E-state index in [0.29, 0.717) is 44.0 Å². The van der Waals surface area contributed by atoms with E-state index >= 15 is 0 Å². The molecule has 1 aliphatic rings. The Morgan fingerprint density at radius 2 is 1.79 bits per heavy atom. The molecule has 224 valence electrons. The van der Waals surface area contributed by atoms with Crippen LogP contribution >= 0.6 is 0 Å². The van der Waals surface area contributed by atoms with E-state index in [1.54, 1.807) is 30.1 Å². The van der Waals surface area contributed by atoms with E-state index in [1.165, 1.54) is 11.9 Å². The molecule has 1 atom stereocenters. The highest BCUT2D eigenvalue weighted by Crippen LogP contribution is 2.32. The number of aromatic hydroxyl groups is 1. The second-order valence-corrected chi connectivity index (χ2v) is 11.1. The van der Waals surface area contributed by atoms with E-state index in [4.69, 9.17) is 14.7 Å². The third kappa shape index (κ3) is 7.33. The highest BCUT2D eigenvalue weighted by molar-refractivity contribution is 5.92. The van der Waals surface area contributed by atoms with Gasteiger partial charge in [0.15, 0.2) is 11.9 Å². The molecule has 2 amide bonds. The number of aromatic nitrogens is 2. The number of carbonyl (C=O) groups excluding carboxylic acids is 3. The zero-order chi connectivity index (χ0) is 30.4. The fourth-order valence-corrected chi connectivity index (χ4v) is 4.98. The first-order valence-electron chi connectivity index (χ1n) is 14.3. The zero-order valence-corrected chi connectivity index (χ0v) is 25.0. The van der Waals surface area contributed by atoms with Crippen LogP contribution in [0.3, 0.4) is 0 Å². The second kappa shape index (κ2) is 13.6. The van der Waals surface area contributed by atoms with Crippen LogP contribution in [0.15, 0.2) is 42.5 Å². The quantitative estimate of drug-likeness (QED) is 0.350. The minimum Gasteiger partial charge on any atom is -0.507 e. The molecule has 0 bridgehead atoms. The first-order valence-corrected chi connectivity index (χ1v) is 14.3. The van der Waals surface area contributed by atoms with Crippen LogP contribution in [0.5, 0.6) is 5.75 Å². The van der Waals surface area contributed by atoms with Gasteiger partial charge in [-0.2, -0.15) is 0 Å². The molecule has 1 aromatic heterocycles. The van der Waals surface area contributed by atoms with Crippen molar-refractivity contribution >= 4 is 34.5 Å². The van der Waals surface area contributed by atoms with Crippen molar-refractivity contribution < 1.29 is 24.2 Å². The molecule has 42 heavy (non-hydrogen) atoms. The van der Waals surface area contributed by atoms with Crippen LogP contribution in [-0.2, 0) is 19.1 Å². The summed E-state index contributed by atoms with van der Waals surface area (Å²) < 4.78 is 5.63. The summed E-state index contributed by atoms with van der Waals surface area (Å²) in [5, 5.41) is 14.1. The van der Waals surface area contributed by atoms with E-state index in [9.17, 15) is 19.5 Å². The number of nitrogens with one attached hydrogen (secondary N) is 1. The van der Waals surface area contributed by atoms with Crippen molar-refractivity contribution in [3.63, 3.8) is 0 Å². The summed E-state index contributed by atoms with van der Waals surface area (Å²) in [5.74, 6) is 0.314. The summed E-state index contributed by atoms with van der Waals surface area (Å²) in [5.41, 5.74) is 2.39. The largest absolute Gasteiger partial charge is 0.507 e. The molecule has 1 aliphatic heterocycles. The summed E-state index contributed by atoms with van der Waals surface area (Å²) in [6.45, 7) is 7.73. The maximum atomic E-state index is 13.5. The number of aryl methyl sites for hydroxylation is 1. The number of ether oxygens (including phenoxy) is 1. The van der Waals surface area contributed by atoms with Crippen LogP contribution in [0.25, 0.3) is 22.3 Å². The molecule has 11 nitrogen and oxygen atoms in total. The van der Waals surface area contributed by atoms with E-state index in [2.05, 4.69) is 10.2 Å². The molecule has 0 aliphatic carbocycles. The first kappa shape index (κ1) is 30.7. The van der Waals surface area contributed by atoms with Gasteiger partial charge in [0.25, 0.3) is 5.91 Å². The molecular formula is C31H40N6O5. The van der Waals surface area contributed by atoms with Crippen LogP contribution in [0.4, 0.5) is 5.82 Å². The molecular weight excluding hydrogens is 536 g/mol. The summed E-state index contributed by atoms with van der Waals surface area (Å²) >= 11 is 0. The molecule has 0 saturated carbocycles. The molecule has 11 heteroatoms. The maximum Gasteiger partial charge on any atom is 0.326 e. The van der Waals surface area contributed by atoms with E-state index < -0.39 is 12.1 Å². The van der Waals surface area contributed by atoms with Gasteiger partial charge in [-0.25, -0.2) is 9.97 Å². The van der Waals surface area contributed by atoms with Crippen LogP contribution in [0.2, 0.25) is 0 Å². The SMILES string of the molecule is CNCC(=O)N(C)CC(=O)O[C@H](CC(C)C)C(=O)N1CCN(c2nc(-c3ccccc3O)nc3cc(C)ccc23)CC1. The maximum absolute atomic E-state index is 13.5. The van der Waals surface area contributed by atoms with Crippen molar-refractivity contribution in [2.75, 3.05) is 58.3 Å². The van der Waals surface area contributed by atoms with Gasteiger partial charge in [-0.1, -0.05) is 32.0 Å². The Hall–Kier alpha value is -4.25. The molecule has 1 saturated heterocycles. The molecule has 0 radical (unpaired) electrons.